The molecule has 1 saturated heterocycles. The molecule has 0 bridgehead atoms. The van der Waals surface area contributed by atoms with Crippen molar-refractivity contribution in [3.05, 3.63) is 101 Å². The number of aromatic nitrogens is 1. The smallest absolute Gasteiger partial charge is 0.295 e. The molecule has 32 heavy (non-hydrogen) atoms. The molecule has 1 aliphatic rings. The van der Waals surface area contributed by atoms with Gasteiger partial charge >= 0.3 is 0 Å². The Morgan fingerprint density at radius 2 is 1.81 bits per heavy atom. The summed E-state index contributed by atoms with van der Waals surface area (Å²) in [5.74, 6) is -1.65. The van der Waals surface area contributed by atoms with Crippen molar-refractivity contribution in [3.63, 3.8) is 0 Å². The van der Waals surface area contributed by atoms with Crippen LogP contribution in [0.25, 0.3) is 5.76 Å². The van der Waals surface area contributed by atoms with E-state index in [0.717, 1.165) is 5.56 Å². The van der Waals surface area contributed by atoms with Gasteiger partial charge in [-0.3, -0.25) is 14.6 Å². The van der Waals surface area contributed by atoms with Crippen molar-refractivity contribution in [2.24, 2.45) is 0 Å². The van der Waals surface area contributed by atoms with Crippen LogP contribution in [0.5, 0.6) is 5.75 Å². The molecule has 7 heteroatoms. The minimum absolute atomic E-state index is 0.0466. The summed E-state index contributed by atoms with van der Waals surface area (Å²) in [5, 5.41) is 11.1. The van der Waals surface area contributed by atoms with Gasteiger partial charge in [-0.15, -0.1) is 0 Å². The van der Waals surface area contributed by atoms with Gasteiger partial charge in [-0.25, -0.2) is 4.39 Å². The molecule has 1 N–H and O–H groups in total. The number of amides is 1. The topological polar surface area (TPSA) is 79.7 Å². The summed E-state index contributed by atoms with van der Waals surface area (Å²) in [7, 11) is 0. The van der Waals surface area contributed by atoms with Crippen LogP contribution < -0.4 is 4.74 Å². The van der Waals surface area contributed by atoms with E-state index in [1.807, 2.05) is 6.92 Å². The fraction of sp³-hybridized carbons (Fsp3) is 0.160. The van der Waals surface area contributed by atoms with E-state index in [9.17, 15) is 19.1 Å². The van der Waals surface area contributed by atoms with Gasteiger partial charge < -0.3 is 14.7 Å². The first-order chi connectivity index (χ1) is 15.5. The van der Waals surface area contributed by atoms with Gasteiger partial charge in [0.1, 0.15) is 17.3 Å². The number of hydrogen-bond acceptors (Lipinski definition) is 5. The lowest BCUT2D eigenvalue weighted by atomic mass is 9.95. The maximum atomic E-state index is 13.6. The van der Waals surface area contributed by atoms with Gasteiger partial charge in [0, 0.05) is 24.5 Å². The number of ether oxygens (including phenoxy) is 1. The molecule has 162 valence electrons. The zero-order chi connectivity index (χ0) is 22.7. The Morgan fingerprint density at radius 1 is 1.09 bits per heavy atom. The number of rotatable bonds is 6. The third kappa shape index (κ3) is 4.09. The summed E-state index contributed by atoms with van der Waals surface area (Å²) in [4.78, 5) is 31.4. The zero-order valence-electron chi connectivity index (χ0n) is 17.4. The number of Topliss-reactive ketones (excluding diaryl/α,β-unsaturated/α-hetero) is 1. The molecule has 6 nitrogen and oxygen atoms in total. The van der Waals surface area contributed by atoms with Crippen LogP contribution in [0.1, 0.15) is 29.7 Å². The molecule has 1 unspecified atom stereocenters. The quantitative estimate of drug-likeness (QED) is 0.358. The monoisotopic (exact) mass is 432 g/mol. The van der Waals surface area contributed by atoms with Crippen molar-refractivity contribution < 1.29 is 23.8 Å². The molecule has 3 aromatic rings. The number of aliphatic hydroxyl groups excluding tert-OH is 1. The van der Waals surface area contributed by atoms with E-state index in [1.165, 1.54) is 29.2 Å². The highest BCUT2D eigenvalue weighted by Crippen LogP contribution is 2.40. The van der Waals surface area contributed by atoms with Crippen LogP contribution in [-0.4, -0.2) is 33.3 Å². The molecule has 0 aliphatic carbocycles. The number of pyridine rings is 1. The van der Waals surface area contributed by atoms with Crippen molar-refractivity contribution in [2.75, 3.05) is 6.61 Å². The van der Waals surface area contributed by atoms with E-state index in [0.29, 0.717) is 23.5 Å². The highest BCUT2D eigenvalue weighted by atomic mass is 19.1. The summed E-state index contributed by atoms with van der Waals surface area (Å²) in [6.07, 6.45) is 3.22. The highest BCUT2D eigenvalue weighted by Gasteiger charge is 2.46. The average Bonchev–Trinajstić information content (AvgIpc) is 3.05. The maximum Gasteiger partial charge on any atom is 0.295 e. The van der Waals surface area contributed by atoms with E-state index < -0.39 is 23.5 Å². The summed E-state index contributed by atoms with van der Waals surface area (Å²) >= 11 is 0. The minimum atomic E-state index is -0.873. The van der Waals surface area contributed by atoms with Gasteiger partial charge in [-0.05, 0) is 60.5 Å². The largest absolute Gasteiger partial charge is 0.507 e. The van der Waals surface area contributed by atoms with Crippen LogP contribution in [0.2, 0.25) is 0 Å². The van der Waals surface area contributed by atoms with Crippen molar-refractivity contribution in [2.45, 2.75) is 19.5 Å². The summed E-state index contributed by atoms with van der Waals surface area (Å²) in [5.41, 5.74) is 1.57. The van der Waals surface area contributed by atoms with Crippen molar-refractivity contribution >= 4 is 17.4 Å². The third-order valence-corrected chi connectivity index (χ3v) is 5.24. The number of aliphatic hydroxyl groups is 1. The van der Waals surface area contributed by atoms with Crippen LogP contribution in [0.15, 0.2) is 78.6 Å². The Balaban J connectivity index is 1.81. The number of nitrogens with zero attached hydrogens (tertiary/aromatic N) is 2. The van der Waals surface area contributed by atoms with Gasteiger partial charge in [0.25, 0.3) is 11.7 Å². The van der Waals surface area contributed by atoms with Gasteiger partial charge in [0.15, 0.2) is 0 Å². The van der Waals surface area contributed by atoms with Crippen LogP contribution in [-0.2, 0) is 16.1 Å². The summed E-state index contributed by atoms with van der Waals surface area (Å²) < 4.78 is 19.0. The number of hydrogen-bond donors (Lipinski definition) is 1. The normalized spacial score (nSPS) is 17.6. The average molecular weight is 432 g/mol. The minimum Gasteiger partial charge on any atom is -0.507 e. The van der Waals surface area contributed by atoms with Gasteiger partial charge in [-0.2, -0.15) is 0 Å². The molecule has 0 radical (unpaired) electrons. The fourth-order valence-electron chi connectivity index (χ4n) is 3.75. The first-order valence-electron chi connectivity index (χ1n) is 10.2. The summed E-state index contributed by atoms with van der Waals surface area (Å²) in [6, 6.07) is 14.8. The maximum absolute atomic E-state index is 13.6. The predicted molar refractivity (Wildman–Crippen MR) is 116 cm³/mol. The van der Waals surface area contributed by atoms with Crippen molar-refractivity contribution in [1.82, 2.24) is 9.88 Å². The SMILES string of the molecule is CCOc1ccc(C(O)=C2C(=O)C(=O)N(Cc3cccnc3)C2c2ccc(F)cc2)cc1. The molecule has 1 atom stereocenters. The number of carbonyl (C=O) groups excluding carboxylic acids is 2. The number of benzene rings is 2. The fourth-order valence-corrected chi connectivity index (χ4v) is 3.75. The van der Waals surface area contributed by atoms with Crippen molar-refractivity contribution in [1.29, 1.82) is 0 Å². The molecule has 0 saturated carbocycles. The lowest BCUT2D eigenvalue weighted by Gasteiger charge is -2.25. The standard InChI is InChI=1S/C25H21FN2O4/c1-2-32-20-11-7-18(8-12-20)23(29)21-22(17-5-9-19(26)10-6-17)28(25(31)24(21)30)15-16-4-3-13-27-14-16/h3-14,22,29H,2,15H2,1H3. The van der Waals surface area contributed by atoms with E-state index in [1.54, 1.807) is 48.8 Å². The second-order valence-electron chi connectivity index (χ2n) is 7.30. The second-order valence-corrected chi connectivity index (χ2v) is 7.30. The van der Waals surface area contributed by atoms with E-state index in [2.05, 4.69) is 4.98 Å². The first-order valence-corrected chi connectivity index (χ1v) is 10.2. The molecule has 2 aromatic carbocycles. The van der Waals surface area contributed by atoms with E-state index in [-0.39, 0.29) is 17.9 Å². The second kappa shape index (κ2) is 9.01. The lowest BCUT2D eigenvalue weighted by molar-refractivity contribution is -0.140. The van der Waals surface area contributed by atoms with Gasteiger partial charge in [-0.1, -0.05) is 18.2 Å². The van der Waals surface area contributed by atoms with E-state index >= 15 is 0 Å². The van der Waals surface area contributed by atoms with Crippen LogP contribution in [0, 0.1) is 5.82 Å². The Bertz CT molecular complexity index is 1160. The van der Waals surface area contributed by atoms with Crippen molar-refractivity contribution in [3.8, 4) is 5.75 Å². The molecular weight excluding hydrogens is 411 g/mol. The number of ketones is 1. The molecular formula is C25H21FN2O4. The van der Waals surface area contributed by atoms with Crippen LogP contribution >= 0.6 is 0 Å². The molecule has 4 rings (SSSR count). The molecule has 1 aliphatic heterocycles. The zero-order valence-corrected chi connectivity index (χ0v) is 17.4. The lowest BCUT2D eigenvalue weighted by Crippen LogP contribution is -2.29. The van der Waals surface area contributed by atoms with Gasteiger partial charge in [0.05, 0.1) is 18.2 Å². The number of halogens is 1. The molecule has 0 spiro atoms. The Morgan fingerprint density at radius 3 is 2.44 bits per heavy atom. The first kappa shape index (κ1) is 21.2. The predicted octanol–water partition coefficient (Wildman–Crippen LogP) is 4.24. The Kier molecular flexibility index (Phi) is 5.98. The van der Waals surface area contributed by atoms with E-state index in [4.69, 9.17) is 4.74 Å². The van der Waals surface area contributed by atoms with Gasteiger partial charge in [0.2, 0.25) is 0 Å². The van der Waals surface area contributed by atoms with Crippen LogP contribution in [0.3, 0.4) is 0 Å². The Hall–Kier alpha value is -4.00. The highest BCUT2D eigenvalue weighted by molar-refractivity contribution is 6.46. The number of carbonyl (C=O) groups is 2. The number of likely N-dealkylation sites (tertiary alicyclic amines) is 1. The third-order valence-electron chi connectivity index (χ3n) is 5.24. The Labute approximate surface area is 184 Å². The van der Waals surface area contributed by atoms with Crippen LogP contribution in [0.4, 0.5) is 4.39 Å². The molecule has 1 aromatic heterocycles. The molecule has 1 fully saturated rings. The summed E-state index contributed by atoms with van der Waals surface area (Å²) in [6.45, 7) is 2.47. The molecule has 1 amide bonds. The molecule has 2 heterocycles.